The highest BCUT2D eigenvalue weighted by Crippen LogP contribution is 2.36. The van der Waals surface area contributed by atoms with Crippen LogP contribution in [0.1, 0.15) is 13.3 Å². The Morgan fingerprint density at radius 2 is 2.10 bits per heavy atom. The van der Waals surface area contributed by atoms with Gasteiger partial charge in [-0.1, -0.05) is 0 Å². The molecule has 1 amide bonds. The summed E-state index contributed by atoms with van der Waals surface area (Å²) in [6.45, 7) is 2.35. The topological polar surface area (TPSA) is 65.1 Å². The van der Waals surface area contributed by atoms with E-state index in [1.807, 2.05) is 0 Å². The number of methoxy groups -OCH3 is 2. The van der Waals surface area contributed by atoms with Crippen molar-refractivity contribution in [3.8, 4) is 11.5 Å². The first-order chi connectivity index (χ1) is 10.1. The lowest BCUT2D eigenvalue weighted by atomic mass is 10.1. The van der Waals surface area contributed by atoms with Crippen LogP contribution in [0.25, 0.3) is 0 Å². The average molecular weight is 293 g/mol. The van der Waals surface area contributed by atoms with E-state index in [1.54, 1.807) is 37.1 Å². The number of esters is 1. The second-order valence-electron chi connectivity index (χ2n) is 4.70. The third-order valence-corrected chi connectivity index (χ3v) is 3.42. The van der Waals surface area contributed by atoms with E-state index in [1.165, 1.54) is 7.11 Å². The molecule has 6 nitrogen and oxygen atoms in total. The summed E-state index contributed by atoms with van der Waals surface area (Å²) < 4.78 is 15.4. The van der Waals surface area contributed by atoms with Gasteiger partial charge in [-0.15, -0.1) is 0 Å². The van der Waals surface area contributed by atoms with Gasteiger partial charge in [0.15, 0.2) is 0 Å². The molecule has 0 spiro atoms. The van der Waals surface area contributed by atoms with Crippen LogP contribution in [0.2, 0.25) is 0 Å². The molecule has 1 aromatic carbocycles. The smallest absolute Gasteiger partial charge is 0.311 e. The Balaban J connectivity index is 2.25. The highest BCUT2D eigenvalue weighted by Gasteiger charge is 2.37. The van der Waals surface area contributed by atoms with E-state index in [0.29, 0.717) is 30.3 Å². The third kappa shape index (κ3) is 3.09. The molecule has 0 saturated carbocycles. The summed E-state index contributed by atoms with van der Waals surface area (Å²) in [5.41, 5.74) is 0.605. The van der Waals surface area contributed by atoms with Crippen LogP contribution in [-0.2, 0) is 14.3 Å². The average Bonchev–Trinajstić information content (AvgIpc) is 2.88. The molecule has 1 heterocycles. The van der Waals surface area contributed by atoms with Gasteiger partial charge in [-0.05, 0) is 19.1 Å². The summed E-state index contributed by atoms with van der Waals surface area (Å²) in [5.74, 6) is 0.287. The first-order valence-electron chi connectivity index (χ1n) is 6.79. The third-order valence-electron chi connectivity index (χ3n) is 3.42. The van der Waals surface area contributed by atoms with Crippen molar-refractivity contribution in [2.45, 2.75) is 13.3 Å². The van der Waals surface area contributed by atoms with Gasteiger partial charge in [0.05, 0.1) is 32.4 Å². The van der Waals surface area contributed by atoms with Crippen molar-refractivity contribution in [2.24, 2.45) is 5.92 Å². The normalized spacial score (nSPS) is 17.8. The van der Waals surface area contributed by atoms with Crippen molar-refractivity contribution < 1.29 is 23.8 Å². The van der Waals surface area contributed by atoms with E-state index in [-0.39, 0.29) is 18.3 Å². The first kappa shape index (κ1) is 15.2. The molecule has 0 aromatic heterocycles. The molecular weight excluding hydrogens is 274 g/mol. The molecule has 0 aliphatic carbocycles. The van der Waals surface area contributed by atoms with E-state index in [2.05, 4.69) is 0 Å². The summed E-state index contributed by atoms with van der Waals surface area (Å²) in [5, 5.41) is 0. The van der Waals surface area contributed by atoms with Crippen LogP contribution in [0.5, 0.6) is 11.5 Å². The highest BCUT2D eigenvalue weighted by molar-refractivity contribution is 6.00. The van der Waals surface area contributed by atoms with E-state index in [4.69, 9.17) is 14.2 Å². The van der Waals surface area contributed by atoms with Crippen LogP contribution in [0, 0.1) is 5.92 Å². The van der Waals surface area contributed by atoms with Gasteiger partial charge in [-0.2, -0.15) is 0 Å². The Morgan fingerprint density at radius 3 is 2.71 bits per heavy atom. The largest absolute Gasteiger partial charge is 0.497 e. The van der Waals surface area contributed by atoms with Gasteiger partial charge in [-0.3, -0.25) is 9.59 Å². The zero-order chi connectivity index (χ0) is 15.4. The van der Waals surface area contributed by atoms with Crippen LogP contribution >= 0.6 is 0 Å². The molecule has 0 radical (unpaired) electrons. The minimum absolute atomic E-state index is 0.125. The van der Waals surface area contributed by atoms with Gasteiger partial charge in [0.2, 0.25) is 5.91 Å². The summed E-state index contributed by atoms with van der Waals surface area (Å²) >= 11 is 0. The first-order valence-corrected chi connectivity index (χ1v) is 6.79. The lowest BCUT2D eigenvalue weighted by Gasteiger charge is -2.20. The Morgan fingerprint density at radius 1 is 1.33 bits per heavy atom. The number of rotatable bonds is 5. The minimum atomic E-state index is -0.437. The lowest BCUT2D eigenvalue weighted by molar-refractivity contribution is -0.147. The second kappa shape index (κ2) is 6.47. The van der Waals surface area contributed by atoms with Crippen molar-refractivity contribution in [3.05, 3.63) is 18.2 Å². The number of hydrogen-bond donors (Lipinski definition) is 0. The van der Waals surface area contributed by atoms with Crippen LogP contribution in [0.4, 0.5) is 5.69 Å². The number of hydrogen-bond acceptors (Lipinski definition) is 5. The number of amides is 1. The maximum atomic E-state index is 12.2. The maximum Gasteiger partial charge on any atom is 0.311 e. The van der Waals surface area contributed by atoms with Gasteiger partial charge in [-0.25, -0.2) is 0 Å². The fourth-order valence-electron chi connectivity index (χ4n) is 2.37. The SMILES string of the molecule is CCOC(=O)[C@@H]1CC(=O)N(c2cc(OC)ccc2OC)C1. The molecule has 0 bridgehead atoms. The van der Waals surface area contributed by atoms with Crippen LogP contribution in [0.3, 0.4) is 0 Å². The van der Waals surface area contributed by atoms with Gasteiger partial charge in [0, 0.05) is 19.0 Å². The summed E-state index contributed by atoms with van der Waals surface area (Å²) in [4.78, 5) is 25.5. The Hall–Kier alpha value is -2.24. The minimum Gasteiger partial charge on any atom is -0.497 e. The molecule has 1 aromatic rings. The number of nitrogens with zero attached hydrogens (tertiary/aromatic N) is 1. The molecule has 6 heteroatoms. The van der Waals surface area contributed by atoms with Crippen molar-refractivity contribution >= 4 is 17.6 Å². The fourth-order valence-corrected chi connectivity index (χ4v) is 2.37. The molecule has 1 aliphatic rings. The lowest BCUT2D eigenvalue weighted by Crippen LogP contribution is -2.26. The number of carbonyl (C=O) groups excluding carboxylic acids is 2. The Bertz CT molecular complexity index is 543. The quantitative estimate of drug-likeness (QED) is 0.772. The molecule has 1 saturated heterocycles. The molecule has 2 rings (SSSR count). The Labute approximate surface area is 123 Å². The van der Waals surface area contributed by atoms with Crippen LogP contribution < -0.4 is 14.4 Å². The van der Waals surface area contributed by atoms with E-state index >= 15 is 0 Å². The Kier molecular flexibility index (Phi) is 4.67. The van der Waals surface area contributed by atoms with Crippen LogP contribution in [-0.4, -0.2) is 39.2 Å². The predicted octanol–water partition coefficient (Wildman–Crippen LogP) is 1.62. The number of ether oxygens (including phenoxy) is 3. The molecule has 1 fully saturated rings. The van der Waals surface area contributed by atoms with Gasteiger partial charge < -0.3 is 19.1 Å². The second-order valence-corrected chi connectivity index (χ2v) is 4.70. The zero-order valence-electron chi connectivity index (χ0n) is 12.4. The van der Waals surface area contributed by atoms with E-state index in [9.17, 15) is 9.59 Å². The number of anilines is 1. The van der Waals surface area contributed by atoms with Crippen molar-refractivity contribution in [1.82, 2.24) is 0 Å². The van der Waals surface area contributed by atoms with Crippen molar-refractivity contribution in [2.75, 3.05) is 32.3 Å². The summed E-state index contributed by atoms with van der Waals surface area (Å²) in [6.07, 6.45) is 0.152. The standard InChI is InChI=1S/C15H19NO5/c1-4-21-15(18)10-7-14(17)16(9-10)12-8-11(19-2)5-6-13(12)20-3/h5-6,8,10H,4,7,9H2,1-3H3/t10-/m1/s1. The molecule has 0 unspecified atom stereocenters. The molecule has 1 aliphatic heterocycles. The van der Waals surface area contributed by atoms with Crippen molar-refractivity contribution in [1.29, 1.82) is 0 Å². The van der Waals surface area contributed by atoms with E-state index < -0.39 is 5.92 Å². The van der Waals surface area contributed by atoms with Gasteiger partial charge in [0.1, 0.15) is 11.5 Å². The van der Waals surface area contributed by atoms with E-state index in [0.717, 1.165) is 0 Å². The molecular formula is C15H19NO5. The fraction of sp³-hybridized carbons (Fsp3) is 0.467. The predicted molar refractivity (Wildman–Crippen MR) is 76.6 cm³/mol. The van der Waals surface area contributed by atoms with Crippen molar-refractivity contribution in [3.63, 3.8) is 0 Å². The monoisotopic (exact) mass is 293 g/mol. The molecule has 114 valence electrons. The van der Waals surface area contributed by atoms with Gasteiger partial charge in [0.25, 0.3) is 0 Å². The number of benzene rings is 1. The molecule has 0 N–H and O–H groups in total. The molecule has 1 atom stereocenters. The summed E-state index contributed by atoms with van der Waals surface area (Å²) in [6, 6.07) is 5.22. The van der Waals surface area contributed by atoms with Gasteiger partial charge >= 0.3 is 5.97 Å². The maximum absolute atomic E-state index is 12.2. The summed E-state index contributed by atoms with van der Waals surface area (Å²) in [7, 11) is 3.09. The van der Waals surface area contributed by atoms with Crippen LogP contribution in [0.15, 0.2) is 18.2 Å². The number of carbonyl (C=O) groups is 2. The highest BCUT2D eigenvalue weighted by atomic mass is 16.5. The molecule has 21 heavy (non-hydrogen) atoms. The zero-order valence-corrected chi connectivity index (χ0v) is 12.4.